The van der Waals surface area contributed by atoms with Crippen LogP contribution in [0.25, 0.3) is 0 Å². The second-order valence-electron chi connectivity index (χ2n) is 5.74. The predicted octanol–water partition coefficient (Wildman–Crippen LogP) is 2.73. The topological polar surface area (TPSA) is 50.8 Å². The first kappa shape index (κ1) is 14.2. The Kier molecular flexibility index (Phi) is 4.29. The standard InChI is InChI=1S/C16H22N2O3/c1-20-15-5-3-2-4-14(15)17-16(19)18(13-6-7-13)10-12-8-9-21-11-12/h2-5,12-13H,6-11H2,1H3,(H,17,19)/t12-/m1/s1. The Bertz CT molecular complexity index is 496. The maximum Gasteiger partial charge on any atom is 0.322 e. The van der Waals surface area contributed by atoms with Crippen LogP contribution in [0.1, 0.15) is 19.3 Å². The molecule has 1 N–H and O–H groups in total. The van der Waals surface area contributed by atoms with Gasteiger partial charge in [0.1, 0.15) is 5.75 Å². The fraction of sp³-hybridized carbons (Fsp3) is 0.562. The third-order valence-corrected chi connectivity index (χ3v) is 4.08. The number of hydrogen-bond donors (Lipinski definition) is 1. The summed E-state index contributed by atoms with van der Waals surface area (Å²) in [6.45, 7) is 2.37. The molecule has 5 nitrogen and oxygen atoms in total. The SMILES string of the molecule is COc1ccccc1NC(=O)N(C[C@H]1CCOC1)C1CC1. The van der Waals surface area contributed by atoms with Crippen LogP contribution in [-0.4, -0.2) is 43.8 Å². The molecule has 2 fully saturated rings. The van der Waals surface area contributed by atoms with Crippen LogP contribution < -0.4 is 10.1 Å². The number of nitrogens with one attached hydrogen (secondary N) is 1. The number of anilines is 1. The number of hydrogen-bond acceptors (Lipinski definition) is 3. The Labute approximate surface area is 125 Å². The molecule has 0 spiro atoms. The van der Waals surface area contributed by atoms with Gasteiger partial charge >= 0.3 is 6.03 Å². The first-order valence-electron chi connectivity index (χ1n) is 7.56. The third-order valence-electron chi connectivity index (χ3n) is 4.08. The van der Waals surface area contributed by atoms with Gasteiger partial charge in [-0.3, -0.25) is 0 Å². The van der Waals surface area contributed by atoms with E-state index in [4.69, 9.17) is 9.47 Å². The molecule has 2 aliphatic rings. The molecule has 5 heteroatoms. The van der Waals surface area contributed by atoms with Gasteiger partial charge in [-0.05, 0) is 31.4 Å². The summed E-state index contributed by atoms with van der Waals surface area (Å²) in [5, 5.41) is 2.98. The molecule has 3 rings (SSSR count). The van der Waals surface area contributed by atoms with Crippen molar-refractivity contribution in [3.05, 3.63) is 24.3 Å². The van der Waals surface area contributed by atoms with Crippen molar-refractivity contribution in [1.82, 2.24) is 4.90 Å². The number of rotatable bonds is 5. The minimum atomic E-state index is -0.0334. The monoisotopic (exact) mass is 290 g/mol. The number of urea groups is 1. The summed E-state index contributed by atoms with van der Waals surface area (Å²) >= 11 is 0. The highest BCUT2D eigenvalue weighted by Crippen LogP contribution is 2.30. The van der Waals surface area contributed by atoms with Crippen LogP contribution in [0.3, 0.4) is 0 Å². The lowest BCUT2D eigenvalue weighted by atomic mass is 10.1. The lowest BCUT2D eigenvalue weighted by Crippen LogP contribution is -2.40. The van der Waals surface area contributed by atoms with Gasteiger partial charge in [0.15, 0.2) is 0 Å². The molecule has 1 heterocycles. The molecule has 1 saturated heterocycles. The molecule has 1 aliphatic heterocycles. The summed E-state index contributed by atoms with van der Waals surface area (Å²) in [5.41, 5.74) is 0.721. The molecular formula is C16H22N2O3. The molecule has 2 amide bonds. The molecule has 0 aromatic heterocycles. The van der Waals surface area contributed by atoms with E-state index < -0.39 is 0 Å². The number of para-hydroxylation sites is 2. The lowest BCUT2D eigenvalue weighted by Gasteiger charge is -2.25. The number of carbonyl (C=O) groups is 1. The summed E-state index contributed by atoms with van der Waals surface area (Å²) in [5.74, 6) is 1.15. The molecule has 1 aromatic carbocycles. The Balaban J connectivity index is 1.66. The minimum Gasteiger partial charge on any atom is -0.495 e. The van der Waals surface area contributed by atoms with Gasteiger partial charge in [-0.15, -0.1) is 0 Å². The zero-order chi connectivity index (χ0) is 14.7. The fourth-order valence-electron chi connectivity index (χ4n) is 2.72. The smallest absolute Gasteiger partial charge is 0.322 e. The van der Waals surface area contributed by atoms with Gasteiger partial charge in [0, 0.05) is 25.1 Å². The van der Waals surface area contributed by atoms with E-state index in [-0.39, 0.29) is 6.03 Å². The second kappa shape index (κ2) is 6.35. The largest absolute Gasteiger partial charge is 0.495 e. The van der Waals surface area contributed by atoms with Crippen LogP contribution in [-0.2, 0) is 4.74 Å². The second-order valence-corrected chi connectivity index (χ2v) is 5.74. The Morgan fingerprint density at radius 2 is 2.19 bits per heavy atom. The molecule has 0 radical (unpaired) electrons. The number of carbonyl (C=O) groups excluding carboxylic acids is 1. The van der Waals surface area contributed by atoms with Gasteiger partial charge in [-0.2, -0.15) is 0 Å². The number of amides is 2. The zero-order valence-corrected chi connectivity index (χ0v) is 12.4. The van der Waals surface area contributed by atoms with Crippen molar-refractivity contribution in [1.29, 1.82) is 0 Å². The first-order chi connectivity index (χ1) is 10.3. The summed E-state index contributed by atoms with van der Waals surface area (Å²) in [6, 6.07) is 7.85. The van der Waals surface area contributed by atoms with Crippen LogP contribution in [0.5, 0.6) is 5.75 Å². The van der Waals surface area contributed by atoms with Gasteiger partial charge in [0.25, 0.3) is 0 Å². The molecular weight excluding hydrogens is 268 g/mol. The number of methoxy groups -OCH3 is 1. The molecule has 0 bridgehead atoms. The maximum absolute atomic E-state index is 12.6. The lowest BCUT2D eigenvalue weighted by molar-refractivity contribution is 0.167. The van der Waals surface area contributed by atoms with Gasteiger partial charge in [0.2, 0.25) is 0 Å². The van der Waals surface area contributed by atoms with Crippen LogP contribution >= 0.6 is 0 Å². The normalized spacial score (nSPS) is 21.1. The van der Waals surface area contributed by atoms with E-state index in [1.54, 1.807) is 7.11 Å². The summed E-state index contributed by atoms with van der Waals surface area (Å²) < 4.78 is 10.7. The Morgan fingerprint density at radius 1 is 1.38 bits per heavy atom. The minimum absolute atomic E-state index is 0.0334. The van der Waals surface area contributed by atoms with E-state index in [2.05, 4.69) is 5.32 Å². The van der Waals surface area contributed by atoms with Crippen LogP contribution in [0, 0.1) is 5.92 Å². The molecule has 0 unspecified atom stereocenters. The highest BCUT2D eigenvalue weighted by atomic mass is 16.5. The number of benzene rings is 1. The van der Waals surface area contributed by atoms with Crippen molar-refractivity contribution in [3.63, 3.8) is 0 Å². The molecule has 21 heavy (non-hydrogen) atoms. The molecule has 1 atom stereocenters. The highest BCUT2D eigenvalue weighted by molar-refractivity contribution is 5.91. The van der Waals surface area contributed by atoms with Crippen LogP contribution in [0.15, 0.2) is 24.3 Å². The predicted molar refractivity (Wildman–Crippen MR) is 80.7 cm³/mol. The summed E-state index contributed by atoms with van der Waals surface area (Å²) in [7, 11) is 1.61. The summed E-state index contributed by atoms with van der Waals surface area (Å²) in [4.78, 5) is 14.5. The molecule has 114 valence electrons. The number of ether oxygens (including phenoxy) is 2. The maximum atomic E-state index is 12.6. The van der Waals surface area contributed by atoms with E-state index in [0.717, 1.165) is 44.7 Å². The number of nitrogens with zero attached hydrogens (tertiary/aromatic N) is 1. The van der Waals surface area contributed by atoms with Gasteiger partial charge in [0.05, 0.1) is 19.4 Å². The quantitative estimate of drug-likeness (QED) is 0.907. The van der Waals surface area contributed by atoms with Crippen molar-refractivity contribution in [2.24, 2.45) is 5.92 Å². The van der Waals surface area contributed by atoms with Crippen molar-refractivity contribution < 1.29 is 14.3 Å². The van der Waals surface area contributed by atoms with E-state index in [0.29, 0.717) is 17.7 Å². The van der Waals surface area contributed by atoms with Gasteiger partial charge < -0.3 is 19.7 Å². The Hall–Kier alpha value is -1.75. The Morgan fingerprint density at radius 3 is 2.86 bits per heavy atom. The third kappa shape index (κ3) is 3.47. The average Bonchev–Trinajstić information content (AvgIpc) is 3.21. The molecule has 1 aliphatic carbocycles. The first-order valence-corrected chi connectivity index (χ1v) is 7.56. The molecule has 1 aromatic rings. The van der Waals surface area contributed by atoms with Crippen molar-refractivity contribution in [3.8, 4) is 5.75 Å². The average molecular weight is 290 g/mol. The van der Waals surface area contributed by atoms with Crippen molar-refractivity contribution >= 4 is 11.7 Å². The summed E-state index contributed by atoms with van der Waals surface area (Å²) in [6.07, 6.45) is 3.25. The molecule has 1 saturated carbocycles. The van der Waals surface area contributed by atoms with E-state index >= 15 is 0 Å². The van der Waals surface area contributed by atoms with E-state index in [1.807, 2.05) is 29.2 Å². The van der Waals surface area contributed by atoms with Crippen LogP contribution in [0.2, 0.25) is 0 Å². The van der Waals surface area contributed by atoms with E-state index in [1.165, 1.54) is 0 Å². The van der Waals surface area contributed by atoms with Crippen LogP contribution in [0.4, 0.5) is 10.5 Å². The highest BCUT2D eigenvalue weighted by Gasteiger charge is 2.35. The fourth-order valence-corrected chi connectivity index (χ4v) is 2.72. The van der Waals surface area contributed by atoms with Gasteiger partial charge in [-0.1, -0.05) is 12.1 Å². The van der Waals surface area contributed by atoms with Crippen molar-refractivity contribution in [2.45, 2.75) is 25.3 Å². The zero-order valence-electron chi connectivity index (χ0n) is 12.4. The van der Waals surface area contributed by atoms with Gasteiger partial charge in [-0.25, -0.2) is 4.79 Å². The van der Waals surface area contributed by atoms with E-state index in [9.17, 15) is 4.79 Å². The van der Waals surface area contributed by atoms with Crippen molar-refractivity contribution in [2.75, 3.05) is 32.2 Å².